The molecule has 6 atom stereocenters. The molecule has 2 amide bonds. The van der Waals surface area contributed by atoms with Crippen LogP contribution in [0.1, 0.15) is 39.5 Å². The molecule has 0 radical (unpaired) electrons. The standard InChI is InChI=1S/C28H35ClN2O6/c1-5-8-16-36-26(35)22-21-24(33)31(18(7-3)17-32)23(28(21)14-13-27(22,4)37-28)25(34)30(15-6-2)20-12-10-9-11-19(20)29/h5-6,9-12,18,21-23,32H,1-2,7-8,13-17H2,3-4H3/t18-,21-,22+,23?,27-,28?/m0/s1. The van der Waals surface area contributed by atoms with Crippen LogP contribution >= 0.6 is 11.6 Å². The largest absolute Gasteiger partial charge is 0.465 e. The van der Waals surface area contributed by atoms with Gasteiger partial charge in [-0.05, 0) is 44.7 Å². The van der Waals surface area contributed by atoms with Crippen LogP contribution in [0.25, 0.3) is 0 Å². The van der Waals surface area contributed by atoms with E-state index in [2.05, 4.69) is 13.2 Å². The quantitative estimate of drug-likeness (QED) is 0.267. The molecule has 2 unspecified atom stereocenters. The van der Waals surface area contributed by atoms with Gasteiger partial charge in [-0.15, -0.1) is 13.2 Å². The van der Waals surface area contributed by atoms with Crippen molar-refractivity contribution in [1.29, 1.82) is 0 Å². The van der Waals surface area contributed by atoms with E-state index in [-0.39, 0.29) is 31.6 Å². The van der Waals surface area contributed by atoms with Gasteiger partial charge >= 0.3 is 5.97 Å². The van der Waals surface area contributed by atoms with Gasteiger partial charge in [-0.25, -0.2) is 0 Å². The highest BCUT2D eigenvalue weighted by Gasteiger charge is 2.79. The summed E-state index contributed by atoms with van der Waals surface area (Å²) in [6, 6.07) is 5.30. The zero-order valence-electron chi connectivity index (χ0n) is 21.4. The Morgan fingerprint density at radius 1 is 1.32 bits per heavy atom. The second kappa shape index (κ2) is 10.6. The number of para-hydroxylation sites is 1. The summed E-state index contributed by atoms with van der Waals surface area (Å²) >= 11 is 6.47. The van der Waals surface area contributed by atoms with E-state index >= 15 is 0 Å². The summed E-state index contributed by atoms with van der Waals surface area (Å²) in [5.41, 5.74) is -1.68. The van der Waals surface area contributed by atoms with Crippen LogP contribution in [0, 0.1) is 11.8 Å². The van der Waals surface area contributed by atoms with Gasteiger partial charge in [-0.1, -0.05) is 42.8 Å². The number of benzene rings is 1. The average molecular weight is 531 g/mol. The molecular weight excluding hydrogens is 496 g/mol. The number of hydrogen-bond donors (Lipinski definition) is 1. The van der Waals surface area contributed by atoms with Gasteiger partial charge in [0.2, 0.25) is 5.91 Å². The molecule has 0 aromatic heterocycles. The fraction of sp³-hybridized carbons (Fsp3) is 0.536. The highest BCUT2D eigenvalue weighted by Crippen LogP contribution is 2.64. The van der Waals surface area contributed by atoms with E-state index in [9.17, 15) is 19.5 Å². The number of carbonyl (C=O) groups excluding carboxylic acids is 3. The summed E-state index contributed by atoms with van der Waals surface area (Å²) in [4.78, 5) is 44.8. The number of anilines is 1. The van der Waals surface area contributed by atoms with Gasteiger partial charge < -0.3 is 24.4 Å². The molecule has 3 fully saturated rings. The molecule has 1 aromatic carbocycles. The van der Waals surface area contributed by atoms with Crippen LogP contribution in [0.5, 0.6) is 0 Å². The molecule has 3 heterocycles. The molecule has 1 aromatic rings. The van der Waals surface area contributed by atoms with Crippen LogP contribution in [-0.4, -0.2) is 70.8 Å². The van der Waals surface area contributed by atoms with Crippen LogP contribution in [0.2, 0.25) is 5.02 Å². The minimum absolute atomic E-state index is 0.155. The van der Waals surface area contributed by atoms with Crippen molar-refractivity contribution < 1.29 is 29.0 Å². The van der Waals surface area contributed by atoms with Gasteiger partial charge in [0.25, 0.3) is 5.91 Å². The maximum atomic E-state index is 14.4. The number of fused-ring (bicyclic) bond motifs is 1. The second-order valence-corrected chi connectivity index (χ2v) is 10.6. The number of aliphatic hydroxyl groups is 1. The van der Waals surface area contributed by atoms with Crippen molar-refractivity contribution in [2.75, 3.05) is 24.7 Å². The lowest BCUT2D eigenvalue weighted by Crippen LogP contribution is -2.59. The molecule has 200 valence electrons. The molecule has 1 spiro atoms. The fourth-order valence-corrected chi connectivity index (χ4v) is 6.63. The Kier molecular flexibility index (Phi) is 7.83. The lowest BCUT2D eigenvalue weighted by atomic mass is 9.66. The molecule has 8 nitrogen and oxygen atoms in total. The zero-order chi connectivity index (χ0) is 27.0. The number of esters is 1. The summed E-state index contributed by atoms with van der Waals surface area (Å²) in [6.45, 7) is 11.1. The molecule has 0 aliphatic carbocycles. The minimum atomic E-state index is -1.23. The SMILES string of the molecule is C=CCCOC(=O)[C@H]1[C@H]2C(=O)N([C@@H](CC)CO)C(C(=O)N(CC=C)c3ccccc3Cl)C23CC[C@]1(C)O3. The molecule has 3 saturated heterocycles. The van der Waals surface area contributed by atoms with Crippen LogP contribution in [-0.2, 0) is 23.9 Å². The summed E-state index contributed by atoms with van der Waals surface area (Å²) < 4.78 is 12.1. The third-order valence-corrected chi connectivity index (χ3v) is 8.38. The minimum Gasteiger partial charge on any atom is -0.465 e. The third kappa shape index (κ3) is 4.29. The number of likely N-dealkylation sites (tertiary alicyclic amines) is 1. The van der Waals surface area contributed by atoms with Crippen molar-refractivity contribution in [3.8, 4) is 0 Å². The number of hydrogen-bond acceptors (Lipinski definition) is 6. The zero-order valence-corrected chi connectivity index (χ0v) is 22.2. The first-order valence-electron chi connectivity index (χ1n) is 12.8. The average Bonchev–Trinajstić information content (AvgIpc) is 3.45. The predicted octanol–water partition coefficient (Wildman–Crippen LogP) is 3.51. The van der Waals surface area contributed by atoms with Crippen molar-refractivity contribution >= 4 is 35.1 Å². The Hall–Kier alpha value is -2.68. The monoisotopic (exact) mass is 530 g/mol. The topological polar surface area (TPSA) is 96.4 Å². The number of halogens is 1. The third-order valence-electron chi connectivity index (χ3n) is 8.07. The Morgan fingerprint density at radius 2 is 2.05 bits per heavy atom. The number of ether oxygens (including phenoxy) is 2. The Labute approximate surface area is 222 Å². The fourth-order valence-electron chi connectivity index (χ4n) is 6.39. The van der Waals surface area contributed by atoms with E-state index in [1.165, 1.54) is 9.80 Å². The Bertz CT molecular complexity index is 1090. The highest BCUT2D eigenvalue weighted by atomic mass is 35.5. The van der Waals surface area contributed by atoms with E-state index in [0.717, 1.165) is 0 Å². The van der Waals surface area contributed by atoms with E-state index in [0.29, 0.717) is 36.4 Å². The van der Waals surface area contributed by atoms with Gasteiger partial charge in [0, 0.05) is 6.54 Å². The van der Waals surface area contributed by atoms with Gasteiger partial charge in [-0.3, -0.25) is 14.4 Å². The molecule has 3 aliphatic heterocycles. The van der Waals surface area contributed by atoms with E-state index < -0.39 is 41.1 Å². The molecule has 37 heavy (non-hydrogen) atoms. The molecule has 4 rings (SSSR count). The second-order valence-electron chi connectivity index (χ2n) is 10.2. The number of aliphatic hydroxyl groups excluding tert-OH is 1. The molecule has 3 aliphatic rings. The van der Waals surface area contributed by atoms with E-state index in [1.807, 2.05) is 13.8 Å². The predicted molar refractivity (Wildman–Crippen MR) is 140 cm³/mol. The summed E-state index contributed by atoms with van der Waals surface area (Å²) in [6.07, 6.45) is 5.09. The first-order valence-corrected chi connectivity index (χ1v) is 13.2. The number of carbonyl (C=O) groups is 3. The number of rotatable bonds is 11. The van der Waals surface area contributed by atoms with E-state index in [4.69, 9.17) is 21.1 Å². The number of amides is 2. The smallest absolute Gasteiger partial charge is 0.312 e. The first-order chi connectivity index (χ1) is 17.7. The maximum Gasteiger partial charge on any atom is 0.312 e. The van der Waals surface area contributed by atoms with Crippen LogP contribution < -0.4 is 4.90 Å². The van der Waals surface area contributed by atoms with Crippen molar-refractivity contribution in [3.63, 3.8) is 0 Å². The highest BCUT2D eigenvalue weighted by molar-refractivity contribution is 6.34. The van der Waals surface area contributed by atoms with Crippen LogP contribution in [0.3, 0.4) is 0 Å². The molecule has 2 bridgehead atoms. The molecular formula is C28H35ClN2O6. The molecule has 1 N–H and O–H groups in total. The van der Waals surface area contributed by atoms with Crippen LogP contribution in [0.4, 0.5) is 5.69 Å². The van der Waals surface area contributed by atoms with Crippen molar-refractivity contribution in [2.24, 2.45) is 11.8 Å². The Balaban J connectivity index is 1.81. The Morgan fingerprint density at radius 3 is 2.68 bits per heavy atom. The van der Waals surface area contributed by atoms with Crippen LogP contribution in [0.15, 0.2) is 49.6 Å². The van der Waals surface area contributed by atoms with Crippen molar-refractivity contribution in [2.45, 2.75) is 62.8 Å². The normalized spacial score (nSPS) is 30.6. The van der Waals surface area contributed by atoms with Gasteiger partial charge in [0.1, 0.15) is 17.6 Å². The lowest BCUT2D eigenvalue weighted by molar-refractivity contribution is -0.160. The molecule has 0 saturated carbocycles. The summed E-state index contributed by atoms with van der Waals surface area (Å²) in [5.74, 6) is -3.02. The summed E-state index contributed by atoms with van der Waals surface area (Å²) in [5, 5.41) is 10.6. The van der Waals surface area contributed by atoms with E-state index in [1.54, 1.807) is 36.4 Å². The number of nitrogens with zero attached hydrogens (tertiary/aromatic N) is 2. The maximum absolute atomic E-state index is 14.4. The first kappa shape index (κ1) is 27.4. The molecule has 9 heteroatoms. The van der Waals surface area contributed by atoms with Crippen molar-refractivity contribution in [1.82, 2.24) is 4.90 Å². The summed E-state index contributed by atoms with van der Waals surface area (Å²) in [7, 11) is 0. The van der Waals surface area contributed by atoms with Crippen molar-refractivity contribution in [3.05, 3.63) is 54.6 Å². The van der Waals surface area contributed by atoms with Gasteiger partial charge in [-0.2, -0.15) is 0 Å². The lowest BCUT2D eigenvalue weighted by Gasteiger charge is -2.39. The van der Waals surface area contributed by atoms with Gasteiger partial charge in [0.05, 0.1) is 41.5 Å². The van der Waals surface area contributed by atoms with Gasteiger partial charge in [0.15, 0.2) is 0 Å².